The van der Waals surface area contributed by atoms with Crippen LogP contribution in [0.2, 0.25) is 0 Å². The average Bonchev–Trinajstić information content (AvgIpc) is 2.58. The molecule has 0 heterocycles. The fourth-order valence-corrected chi connectivity index (χ4v) is 2.17. The van der Waals surface area contributed by atoms with E-state index >= 15 is 0 Å². The highest BCUT2D eigenvalue weighted by Gasteiger charge is 2.10. The number of rotatable bonds is 6. The molecule has 0 saturated heterocycles. The number of esters is 1. The number of nitro groups is 1. The van der Waals surface area contributed by atoms with Gasteiger partial charge in [0.05, 0.1) is 17.6 Å². The number of hydrogen-bond donors (Lipinski definition) is 0. The minimum absolute atomic E-state index is 0.0604. The Balaban J connectivity index is 2.04. The lowest BCUT2D eigenvalue weighted by atomic mass is 10.1. The number of methoxy groups -OCH3 is 1. The molecule has 0 aliphatic heterocycles. The third-order valence-corrected chi connectivity index (χ3v) is 3.34. The Kier molecular flexibility index (Phi) is 5.68. The Morgan fingerprint density at radius 3 is 2.71 bits per heavy atom. The summed E-state index contributed by atoms with van der Waals surface area (Å²) in [5.74, 6) is 0.0489. The molecule has 6 heteroatoms. The molecule has 0 radical (unpaired) electrons. The van der Waals surface area contributed by atoms with Crippen molar-refractivity contribution in [1.29, 1.82) is 0 Å². The van der Waals surface area contributed by atoms with Crippen molar-refractivity contribution in [3.8, 4) is 5.75 Å². The lowest BCUT2D eigenvalue weighted by molar-refractivity contribution is -0.385. The summed E-state index contributed by atoms with van der Waals surface area (Å²) in [5.41, 5.74) is 2.05. The van der Waals surface area contributed by atoms with Crippen molar-refractivity contribution in [2.75, 3.05) is 7.11 Å². The first kappa shape index (κ1) is 17.2. The van der Waals surface area contributed by atoms with Gasteiger partial charge in [0.2, 0.25) is 0 Å². The molecular formula is C18H17NO5. The van der Waals surface area contributed by atoms with E-state index in [9.17, 15) is 14.9 Å². The fraction of sp³-hybridized carbons (Fsp3) is 0.167. The Bertz CT molecular complexity index is 783. The van der Waals surface area contributed by atoms with Gasteiger partial charge in [-0.1, -0.05) is 23.8 Å². The Morgan fingerprint density at radius 1 is 1.25 bits per heavy atom. The van der Waals surface area contributed by atoms with Gasteiger partial charge in [0, 0.05) is 17.7 Å². The van der Waals surface area contributed by atoms with Crippen LogP contribution >= 0.6 is 0 Å². The van der Waals surface area contributed by atoms with Gasteiger partial charge in [0.1, 0.15) is 12.4 Å². The van der Waals surface area contributed by atoms with E-state index in [0.717, 1.165) is 11.1 Å². The van der Waals surface area contributed by atoms with Crippen LogP contribution in [0, 0.1) is 17.0 Å². The minimum Gasteiger partial charge on any atom is -0.496 e. The number of benzene rings is 2. The van der Waals surface area contributed by atoms with Gasteiger partial charge in [0.25, 0.3) is 5.69 Å². The second kappa shape index (κ2) is 7.92. The normalized spacial score (nSPS) is 10.6. The number of para-hydroxylation sites is 1. The zero-order chi connectivity index (χ0) is 17.5. The lowest BCUT2D eigenvalue weighted by Crippen LogP contribution is -2.02. The number of hydrogen-bond acceptors (Lipinski definition) is 5. The van der Waals surface area contributed by atoms with Gasteiger partial charge in [-0.2, -0.15) is 0 Å². The van der Waals surface area contributed by atoms with Gasteiger partial charge in [-0.15, -0.1) is 0 Å². The van der Waals surface area contributed by atoms with Crippen LogP contribution in [0.15, 0.2) is 48.5 Å². The van der Waals surface area contributed by atoms with Crippen molar-refractivity contribution in [1.82, 2.24) is 0 Å². The van der Waals surface area contributed by atoms with E-state index in [-0.39, 0.29) is 12.3 Å². The monoisotopic (exact) mass is 327 g/mol. The molecular weight excluding hydrogens is 310 g/mol. The van der Waals surface area contributed by atoms with Gasteiger partial charge in [-0.25, -0.2) is 4.79 Å². The van der Waals surface area contributed by atoms with E-state index in [4.69, 9.17) is 9.47 Å². The fourth-order valence-electron chi connectivity index (χ4n) is 2.17. The Labute approximate surface area is 139 Å². The summed E-state index contributed by atoms with van der Waals surface area (Å²) in [7, 11) is 1.55. The highest BCUT2D eigenvalue weighted by atomic mass is 16.6. The van der Waals surface area contributed by atoms with Crippen LogP contribution < -0.4 is 4.74 Å². The Morgan fingerprint density at radius 2 is 2.00 bits per heavy atom. The second-order valence-corrected chi connectivity index (χ2v) is 5.07. The summed E-state index contributed by atoms with van der Waals surface area (Å²) in [5, 5.41) is 10.9. The molecule has 0 aliphatic carbocycles. The predicted octanol–water partition coefficient (Wildman–Crippen LogP) is 3.67. The van der Waals surface area contributed by atoms with Crippen LogP contribution in [0.4, 0.5) is 5.69 Å². The van der Waals surface area contributed by atoms with E-state index in [0.29, 0.717) is 11.3 Å². The minimum atomic E-state index is -0.586. The van der Waals surface area contributed by atoms with E-state index in [1.807, 2.05) is 25.1 Å². The predicted molar refractivity (Wildman–Crippen MR) is 89.7 cm³/mol. The maximum atomic E-state index is 11.8. The van der Waals surface area contributed by atoms with Crippen LogP contribution in [0.1, 0.15) is 16.7 Å². The third kappa shape index (κ3) is 4.42. The number of ether oxygens (including phenoxy) is 2. The van der Waals surface area contributed by atoms with Gasteiger partial charge in [0.15, 0.2) is 0 Å². The zero-order valence-electron chi connectivity index (χ0n) is 13.4. The van der Waals surface area contributed by atoms with Gasteiger partial charge in [-0.05, 0) is 31.2 Å². The first-order valence-corrected chi connectivity index (χ1v) is 7.23. The highest BCUT2D eigenvalue weighted by molar-refractivity contribution is 5.87. The number of nitro benzene ring substituents is 1. The van der Waals surface area contributed by atoms with E-state index in [1.54, 1.807) is 25.3 Å². The number of carbonyl (C=O) groups is 1. The maximum absolute atomic E-state index is 11.8. The smallest absolute Gasteiger partial charge is 0.331 e. The van der Waals surface area contributed by atoms with Crippen molar-refractivity contribution in [2.45, 2.75) is 13.5 Å². The Hall–Kier alpha value is -3.15. The van der Waals surface area contributed by atoms with Crippen LogP contribution in [0.3, 0.4) is 0 Å². The molecule has 0 atom stereocenters. The third-order valence-electron chi connectivity index (χ3n) is 3.34. The SMILES string of the molecule is COc1ccc(C)cc1COC(=O)/C=C/c1ccccc1[N+](=O)[O-]. The molecule has 24 heavy (non-hydrogen) atoms. The van der Waals surface area contributed by atoms with Crippen molar-refractivity contribution in [3.63, 3.8) is 0 Å². The van der Waals surface area contributed by atoms with Gasteiger partial charge < -0.3 is 9.47 Å². The largest absolute Gasteiger partial charge is 0.496 e. The van der Waals surface area contributed by atoms with Gasteiger partial charge >= 0.3 is 5.97 Å². The molecule has 124 valence electrons. The molecule has 0 fully saturated rings. The summed E-state index contributed by atoms with van der Waals surface area (Å²) >= 11 is 0. The summed E-state index contributed by atoms with van der Waals surface area (Å²) in [6, 6.07) is 11.7. The van der Waals surface area contributed by atoms with Crippen molar-refractivity contribution in [3.05, 3.63) is 75.3 Å². The topological polar surface area (TPSA) is 78.7 Å². The summed E-state index contributed by atoms with van der Waals surface area (Å²) in [4.78, 5) is 22.3. The molecule has 0 unspecified atom stereocenters. The second-order valence-electron chi connectivity index (χ2n) is 5.07. The van der Waals surface area contributed by atoms with Crippen LogP contribution in [0.25, 0.3) is 6.08 Å². The van der Waals surface area contributed by atoms with Crippen LogP contribution in [-0.2, 0) is 16.1 Å². The molecule has 0 N–H and O–H groups in total. The van der Waals surface area contributed by atoms with E-state index < -0.39 is 10.9 Å². The quantitative estimate of drug-likeness (QED) is 0.350. The van der Waals surface area contributed by atoms with Crippen LogP contribution in [-0.4, -0.2) is 18.0 Å². The molecule has 0 aliphatic rings. The van der Waals surface area contributed by atoms with Gasteiger partial charge in [-0.3, -0.25) is 10.1 Å². The highest BCUT2D eigenvalue weighted by Crippen LogP contribution is 2.21. The summed E-state index contributed by atoms with van der Waals surface area (Å²) in [6.07, 6.45) is 2.54. The lowest BCUT2D eigenvalue weighted by Gasteiger charge is -2.09. The molecule has 2 aromatic carbocycles. The standard InChI is InChI=1S/C18H17NO5/c1-13-7-9-17(23-2)15(11-13)12-24-18(20)10-8-14-5-3-4-6-16(14)19(21)22/h3-11H,12H2,1-2H3/b10-8+. The summed E-state index contributed by atoms with van der Waals surface area (Å²) < 4.78 is 10.4. The number of carbonyl (C=O) groups excluding carboxylic acids is 1. The van der Waals surface area contributed by atoms with Crippen molar-refractivity contribution >= 4 is 17.7 Å². The number of aryl methyl sites for hydroxylation is 1. The number of nitrogens with zero attached hydrogens (tertiary/aromatic N) is 1. The first-order valence-electron chi connectivity index (χ1n) is 7.23. The molecule has 6 nitrogen and oxygen atoms in total. The molecule has 0 aromatic heterocycles. The molecule has 0 amide bonds. The van der Waals surface area contributed by atoms with E-state index in [1.165, 1.54) is 18.2 Å². The molecule has 0 spiro atoms. The molecule has 2 aromatic rings. The average molecular weight is 327 g/mol. The van der Waals surface area contributed by atoms with Crippen molar-refractivity contribution < 1.29 is 19.2 Å². The summed E-state index contributed by atoms with van der Waals surface area (Å²) in [6.45, 7) is 1.99. The molecule has 0 bridgehead atoms. The maximum Gasteiger partial charge on any atom is 0.331 e. The van der Waals surface area contributed by atoms with E-state index in [2.05, 4.69) is 0 Å². The molecule has 2 rings (SSSR count). The zero-order valence-corrected chi connectivity index (χ0v) is 13.4. The van der Waals surface area contributed by atoms with Crippen LogP contribution in [0.5, 0.6) is 5.75 Å². The molecule has 0 saturated carbocycles. The van der Waals surface area contributed by atoms with Crippen molar-refractivity contribution in [2.24, 2.45) is 0 Å². The first-order chi connectivity index (χ1) is 11.5.